The van der Waals surface area contributed by atoms with Gasteiger partial charge in [-0.05, 0) is 43.5 Å². The molecule has 6 nitrogen and oxygen atoms in total. The first-order valence-corrected chi connectivity index (χ1v) is 9.80. The summed E-state index contributed by atoms with van der Waals surface area (Å²) in [6, 6.07) is 10.5. The van der Waals surface area contributed by atoms with Gasteiger partial charge in [-0.1, -0.05) is 25.0 Å². The molecule has 1 aromatic carbocycles. The lowest BCUT2D eigenvalue weighted by Gasteiger charge is -2.31. The van der Waals surface area contributed by atoms with E-state index in [0.29, 0.717) is 6.54 Å². The summed E-state index contributed by atoms with van der Waals surface area (Å²) in [6.07, 6.45) is 6.72. The Kier molecular flexibility index (Phi) is 6.37. The molecule has 0 amide bonds. The molecule has 27 heavy (non-hydrogen) atoms. The number of rotatable bonds is 7. The Hall–Kier alpha value is -2.50. The zero-order valence-corrected chi connectivity index (χ0v) is 16.7. The maximum atomic E-state index is 5.45. The van der Waals surface area contributed by atoms with Crippen molar-refractivity contribution in [1.29, 1.82) is 0 Å². The second kappa shape index (κ2) is 8.93. The third kappa shape index (κ3) is 4.62. The molecular weight excluding hydrogens is 338 g/mol. The first-order valence-electron chi connectivity index (χ1n) is 9.80. The number of guanidine groups is 1. The Bertz CT molecular complexity index is 761. The standard InChI is InChI=1S/C21H31N5O/c1-4-22-20(23-15-18-10-13-25-26(18)2)24-16-21(11-5-6-12-21)17-8-7-9-19(14-17)27-3/h7-10,13-14H,4-6,11-12,15-16H2,1-3H3,(H2,22,23,24). The topological polar surface area (TPSA) is 63.5 Å². The van der Waals surface area contributed by atoms with Crippen molar-refractivity contribution >= 4 is 5.96 Å². The van der Waals surface area contributed by atoms with Gasteiger partial charge in [0.1, 0.15) is 5.75 Å². The van der Waals surface area contributed by atoms with E-state index < -0.39 is 0 Å². The Labute approximate surface area is 162 Å². The average Bonchev–Trinajstić information content (AvgIpc) is 3.34. The lowest BCUT2D eigenvalue weighted by atomic mass is 9.78. The second-order valence-electron chi connectivity index (χ2n) is 7.21. The van der Waals surface area contributed by atoms with Crippen molar-refractivity contribution in [3.63, 3.8) is 0 Å². The summed E-state index contributed by atoms with van der Waals surface area (Å²) >= 11 is 0. The van der Waals surface area contributed by atoms with E-state index in [1.807, 2.05) is 30.1 Å². The van der Waals surface area contributed by atoms with Crippen molar-refractivity contribution < 1.29 is 4.74 Å². The normalized spacial score (nSPS) is 16.3. The molecule has 0 atom stereocenters. The lowest BCUT2D eigenvalue weighted by Crippen LogP contribution is -2.44. The van der Waals surface area contributed by atoms with Gasteiger partial charge in [-0.3, -0.25) is 4.68 Å². The first-order chi connectivity index (χ1) is 13.2. The fourth-order valence-corrected chi connectivity index (χ4v) is 3.88. The number of hydrogen-bond acceptors (Lipinski definition) is 3. The molecule has 3 rings (SSSR count). The summed E-state index contributed by atoms with van der Waals surface area (Å²) in [5.74, 6) is 1.78. The highest BCUT2D eigenvalue weighted by Gasteiger charge is 2.36. The average molecular weight is 370 g/mol. The highest BCUT2D eigenvalue weighted by molar-refractivity contribution is 5.79. The fraction of sp³-hybridized carbons (Fsp3) is 0.524. The molecule has 6 heteroatoms. The minimum atomic E-state index is 0.136. The van der Waals surface area contributed by atoms with Crippen LogP contribution < -0.4 is 15.4 Å². The van der Waals surface area contributed by atoms with Gasteiger partial charge >= 0.3 is 0 Å². The fourth-order valence-electron chi connectivity index (χ4n) is 3.88. The second-order valence-corrected chi connectivity index (χ2v) is 7.21. The first kappa shape index (κ1) is 19.3. The lowest BCUT2D eigenvalue weighted by molar-refractivity contribution is 0.404. The van der Waals surface area contributed by atoms with Gasteiger partial charge in [-0.25, -0.2) is 4.99 Å². The van der Waals surface area contributed by atoms with Gasteiger partial charge in [0.25, 0.3) is 0 Å². The largest absolute Gasteiger partial charge is 0.497 e. The van der Waals surface area contributed by atoms with Crippen LogP contribution in [-0.4, -0.2) is 35.9 Å². The number of aromatic nitrogens is 2. The molecule has 1 heterocycles. The van der Waals surface area contributed by atoms with Crippen molar-refractivity contribution in [3.05, 3.63) is 47.8 Å². The van der Waals surface area contributed by atoms with Crippen molar-refractivity contribution in [2.45, 2.75) is 44.6 Å². The van der Waals surface area contributed by atoms with Crippen LogP contribution in [0.15, 0.2) is 41.5 Å². The third-order valence-electron chi connectivity index (χ3n) is 5.50. The molecule has 146 valence electrons. The van der Waals surface area contributed by atoms with Crippen LogP contribution in [0.4, 0.5) is 0 Å². The Morgan fingerprint density at radius 2 is 2.07 bits per heavy atom. The highest BCUT2D eigenvalue weighted by atomic mass is 16.5. The number of ether oxygens (including phenoxy) is 1. The minimum absolute atomic E-state index is 0.136. The van der Waals surface area contributed by atoms with Crippen LogP contribution in [0.5, 0.6) is 5.75 Å². The molecule has 1 aromatic heterocycles. The summed E-state index contributed by atoms with van der Waals surface area (Å²) < 4.78 is 7.31. The number of nitrogens with one attached hydrogen (secondary N) is 2. The molecule has 1 fully saturated rings. The van der Waals surface area contributed by atoms with E-state index in [0.717, 1.165) is 30.5 Å². The SMILES string of the molecule is CCNC(=NCc1ccnn1C)NCC1(c2cccc(OC)c2)CCCC1. The molecule has 2 aromatic rings. The van der Waals surface area contributed by atoms with Crippen molar-refractivity contribution in [2.75, 3.05) is 20.2 Å². The van der Waals surface area contributed by atoms with E-state index in [1.165, 1.54) is 31.2 Å². The summed E-state index contributed by atoms with van der Waals surface area (Å²) in [6.45, 7) is 4.41. The van der Waals surface area contributed by atoms with E-state index in [1.54, 1.807) is 7.11 Å². The van der Waals surface area contributed by atoms with Crippen molar-refractivity contribution in [1.82, 2.24) is 20.4 Å². The van der Waals surface area contributed by atoms with Crippen LogP contribution >= 0.6 is 0 Å². The predicted octanol–water partition coefficient (Wildman–Crippen LogP) is 3.00. The Morgan fingerprint density at radius 3 is 2.74 bits per heavy atom. The molecular formula is C21H31N5O. The van der Waals surface area contributed by atoms with E-state index in [2.05, 4.69) is 40.9 Å². The van der Waals surface area contributed by atoms with Gasteiger partial charge < -0.3 is 15.4 Å². The number of aryl methyl sites for hydroxylation is 1. The Morgan fingerprint density at radius 1 is 1.26 bits per heavy atom. The Balaban J connectivity index is 1.74. The van der Waals surface area contributed by atoms with Crippen LogP contribution in [0.3, 0.4) is 0 Å². The highest BCUT2D eigenvalue weighted by Crippen LogP contribution is 2.41. The van der Waals surface area contributed by atoms with Crippen LogP contribution in [0.25, 0.3) is 0 Å². The molecule has 2 N–H and O–H groups in total. The summed E-state index contributed by atoms with van der Waals surface area (Å²) in [4.78, 5) is 4.75. The minimum Gasteiger partial charge on any atom is -0.497 e. The van der Waals surface area contributed by atoms with E-state index in [4.69, 9.17) is 9.73 Å². The van der Waals surface area contributed by atoms with Gasteiger partial charge in [-0.2, -0.15) is 5.10 Å². The summed E-state index contributed by atoms with van der Waals surface area (Å²) in [5.41, 5.74) is 2.59. The van der Waals surface area contributed by atoms with E-state index in [-0.39, 0.29) is 5.41 Å². The molecule has 0 aliphatic heterocycles. The maximum absolute atomic E-state index is 5.45. The predicted molar refractivity (Wildman–Crippen MR) is 109 cm³/mol. The number of aliphatic imine (C=N–C) groups is 1. The summed E-state index contributed by atoms with van der Waals surface area (Å²) in [7, 11) is 3.68. The number of methoxy groups -OCH3 is 1. The van der Waals surface area contributed by atoms with Crippen LogP contribution in [0.1, 0.15) is 43.9 Å². The van der Waals surface area contributed by atoms with Crippen LogP contribution in [0.2, 0.25) is 0 Å². The van der Waals surface area contributed by atoms with Crippen molar-refractivity contribution in [3.8, 4) is 5.75 Å². The van der Waals surface area contributed by atoms with Gasteiger partial charge in [0.05, 0.1) is 19.3 Å². The molecule has 0 radical (unpaired) electrons. The molecule has 1 aliphatic carbocycles. The molecule has 0 saturated heterocycles. The quantitative estimate of drug-likeness (QED) is 0.582. The van der Waals surface area contributed by atoms with E-state index >= 15 is 0 Å². The molecule has 1 aliphatic rings. The number of nitrogens with zero attached hydrogens (tertiary/aromatic N) is 3. The number of benzene rings is 1. The monoisotopic (exact) mass is 369 g/mol. The zero-order chi connectivity index (χ0) is 19.1. The zero-order valence-electron chi connectivity index (χ0n) is 16.7. The molecule has 0 bridgehead atoms. The molecule has 1 saturated carbocycles. The van der Waals surface area contributed by atoms with Gasteiger partial charge in [-0.15, -0.1) is 0 Å². The maximum Gasteiger partial charge on any atom is 0.191 e. The summed E-state index contributed by atoms with van der Waals surface area (Å²) in [5, 5.41) is 11.2. The molecule has 0 unspecified atom stereocenters. The molecule has 0 spiro atoms. The van der Waals surface area contributed by atoms with Crippen molar-refractivity contribution in [2.24, 2.45) is 12.0 Å². The van der Waals surface area contributed by atoms with Crippen LogP contribution in [-0.2, 0) is 19.0 Å². The van der Waals surface area contributed by atoms with Gasteiger partial charge in [0, 0.05) is 31.7 Å². The number of hydrogen-bond donors (Lipinski definition) is 2. The van der Waals surface area contributed by atoms with Gasteiger partial charge in [0.15, 0.2) is 5.96 Å². The smallest absolute Gasteiger partial charge is 0.191 e. The van der Waals surface area contributed by atoms with E-state index in [9.17, 15) is 0 Å². The van der Waals surface area contributed by atoms with Crippen LogP contribution in [0, 0.1) is 0 Å². The van der Waals surface area contributed by atoms with Gasteiger partial charge in [0.2, 0.25) is 0 Å². The third-order valence-corrected chi connectivity index (χ3v) is 5.50.